The molecule has 38 heavy (non-hydrogen) atoms. The Labute approximate surface area is 238 Å². The van der Waals surface area contributed by atoms with E-state index in [1.54, 1.807) is 0 Å². The molecule has 0 aliphatic carbocycles. The number of nitrogens with zero attached hydrogens (tertiary/aromatic N) is 4. The van der Waals surface area contributed by atoms with Crippen molar-refractivity contribution in [2.75, 3.05) is 33.0 Å². The first-order chi connectivity index (χ1) is 18.5. The van der Waals surface area contributed by atoms with E-state index in [1.165, 1.54) is 64.2 Å². The maximum atomic E-state index is 11.7. The number of aromatic nitrogens is 4. The number of carbonyl (C=O) groups excluding carboxylic acids is 1. The van der Waals surface area contributed by atoms with Crippen molar-refractivity contribution in [3.05, 3.63) is 16.3 Å². The smallest absolute Gasteiger partial charge is 0.305 e. The fourth-order valence-electron chi connectivity index (χ4n) is 4.49. The van der Waals surface area contributed by atoms with Crippen molar-refractivity contribution in [1.82, 2.24) is 19.5 Å². The molecular formula is C28H46Cl2N4O4. The Bertz CT molecular complexity index is 926. The summed E-state index contributed by atoms with van der Waals surface area (Å²) in [5.41, 5.74) is 1.35. The van der Waals surface area contributed by atoms with Gasteiger partial charge < -0.3 is 18.8 Å². The molecule has 0 bridgehead atoms. The Morgan fingerprint density at radius 2 is 1.29 bits per heavy atom. The first-order valence-electron chi connectivity index (χ1n) is 14.4. The third-order valence-electron chi connectivity index (χ3n) is 6.55. The monoisotopic (exact) mass is 572 g/mol. The maximum absolute atomic E-state index is 11.7. The number of aryl methyl sites for hydroxylation is 2. The summed E-state index contributed by atoms with van der Waals surface area (Å²) >= 11 is 12.2. The van der Waals surface area contributed by atoms with E-state index < -0.39 is 0 Å². The highest BCUT2D eigenvalue weighted by Crippen LogP contribution is 2.24. The quantitative estimate of drug-likeness (QED) is 0.0589. The molecule has 0 saturated carbocycles. The zero-order valence-corrected chi connectivity index (χ0v) is 24.8. The average Bonchev–Trinajstić information content (AvgIpc) is 3.20. The van der Waals surface area contributed by atoms with Gasteiger partial charge in [-0.1, -0.05) is 82.2 Å². The first kappa shape index (κ1) is 32.7. The number of ether oxygens (including phenoxy) is 3. The van der Waals surface area contributed by atoms with E-state index in [1.807, 2.05) is 13.8 Å². The van der Waals surface area contributed by atoms with Gasteiger partial charge in [0.2, 0.25) is 5.28 Å². The van der Waals surface area contributed by atoms with E-state index in [0.717, 1.165) is 37.1 Å². The van der Waals surface area contributed by atoms with Crippen LogP contribution in [-0.4, -0.2) is 58.5 Å². The minimum absolute atomic E-state index is 0.117. The number of halogens is 2. The summed E-state index contributed by atoms with van der Waals surface area (Å²) in [5, 5.41) is 0.501. The average molecular weight is 574 g/mol. The number of hydrogen-bond donors (Lipinski definition) is 0. The topological polar surface area (TPSA) is 88.4 Å². The van der Waals surface area contributed by atoms with Crippen LogP contribution in [0.5, 0.6) is 0 Å². The first-order valence-corrected chi connectivity index (χ1v) is 15.2. The molecule has 0 aliphatic rings. The molecule has 2 aromatic heterocycles. The van der Waals surface area contributed by atoms with Crippen molar-refractivity contribution in [3.63, 3.8) is 0 Å². The summed E-state index contributed by atoms with van der Waals surface area (Å²) in [5.74, 6) is 0.778. The molecule has 10 heteroatoms. The molecule has 0 saturated heterocycles. The highest BCUT2D eigenvalue weighted by atomic mass is 35.5. The molecule has 0 amide bonds. The van der Waals surface area contributed by atoms with Gasteiger partial charge in [-0.2, -0.15) is 4.98 Å². The second kappa shape index (κ2) is 20.4. The number of esters is 1. The van der Waals surface area contributed by atoms with Gasteiger partial charge in [-0.25, -0.2) is 9.97 Å². The zero-order chi connectivity index (χ0) is 27.4. The number of fused-ring (bicyclic) bond motifs is 1. The van der Waals surface area contributed by atoms with Crippen LogP contribution in [0.25, 0.3) is 11.2 Å². The summed E-state index contributed by atoms with van der Waals surface area (Å²) in [4.78, 5) is 24.4. The number of imidazole rings is 1. The predicted molar refractivity (Wildman–Crippen MR) is 153 cm³/mol. The SMILES string of the molecule is CCOCCOCCOC(=O)CCCCCCCCCCCCCCCn1c(C)nc2nc(Cl)nc(Cl)c21. The van der Waals surface area contributed by atoms with Crippen LogP contribution in [0.4, 0.5) is 0 Å². The van der Waals surface area contributed by atoms with Crippen molar-refractivity contribution >= 4 is 40.3 Å². The number of unbranched alkanes of at least 4 members (excludes halogenated alkanes) is 12. The van der Waals surface area contributed by atoms with E-state index in [4.69, 9.17) is 37.4 Å². The molecule has 0 aromatic carbocycles. The number of carbonyl (C=O) groups is 1. The Hall–Kier alpha value is -1.48. The van der Waals surface area contributed by atoms with E-state index in [2.05, 4.69) is 19.5 Å². The summed E-state index contributed by atoms with van der Waals surface area (Å²) in [7, 11) is 0. The Kier molecular flexibility index (Phi) is 17.6. The second-order valence-electron chi connectivity index (χ2n) is 9.64. The Balaban J connectivity index is 1.34. The van der Waals surface area contributed by atoms with E-state index >= 15 is 0 Å². The van der Waals surface area contributed by atoms with Crippen LogP contribution in [0, 0.1) is 6.92 Å². The van der Waals surface area contributed by atoms with Gasteiger partial charge in [-0.3, -0.25) is 4.79 Å². The van der Waals surface area contributed by atoms with Gasteiger partial charge in [0, 0.05) is 19.6 Å². The summed E-state index contributed by atoms with van der Waals surface area (Å²) in [6, 6.07) is 0. The van der Waals surface area contributed by atoms with E-state index in [9.17, 15) is 4.79 Å². The highest BCUT2D eigenvalue weighted by Gasteiger charge is 2.14. The molecule has 0 radical (unpaired) electrons. The predicted octanol–water partition coefficient (Wildman–Crippen LogP) is 7.50. The van der Waals surface area contributed by atoms with Crippen LogP contribution >= 0.6 is 23.2 Å². The van der Waals surface area contributed by atoms with Crippen LogP contribution < -0.4 is 0 Å². The van der Waals surface area contributed by atoms with Crippen molar-refractivity contribution in [2.24, 2.45) is 0 Å². The lowest BCUT2D eigenvalue weighted by Crippen LogP contribution is -2.12. The third kappa shape index (κ3) is 13.5. The van der Waals surface area contributed by atoms with Gasteiger partial charge in [0.05, 0.1) is 19.8 Å². The fraction of sp³-hybridized carbons (Fsp3) is 0.786. The molecule has 0 fully saturated rings. The van der Waals surface area contributed by atoms with Crippen LogP contribution in [0.1, 0.15) is 103 Å². The van der Waals surface area contributed by atoms with Crippen molar-refractivity contribution in [3.8, 4) is 0 Å². The van der Waals surface area contributed by atoms with Gasteiger partial charge in [-0.15, -0.1) is 0 Å². The fourth-order valence-corrected chi connectivity index (χ4v) is 4.96. The lowest BCUT2D eigenvalue weighted by atomic mass is 10.0. The van der Waals surface area contributed by atoms with Crippen LogP contribution in [0.2, 0.25) is 10.4 Å². The van der Waals surface area contributed by atoms with Crippen molar-refractivity contribution in [1.29, 1.82) is 0 Å². The number of hydrogen-bond acceptors (Lipinski definition) is 7. The van der Waals surface area contributed by atoms with E-state index in [0.29, 0.717) is 50.3 Å². The van der Waals surface area contributed by atoms with Crippen LogP contribution in [0.3, 0.4) is 0 Å². The number of rotatable bonds is 23. The molecule has 2 aromatic rings. The highest BCUT2D eigenvalue weighted by molar-refractivity contribution is 6.35. The minimum Gasteiger partial charge on any atom is -0.463 e. The van der Waals surface area contributed by atoms with Gasteiger partial charge in [0.25, 0.3) is 0 Å². The van der Waals surface area contributed by atoms with Crippen molar-refractivity contribution < 1.29 is 19.0 Å². The van der Waals surface area contributed by atoms with Crippen LogP contribution in [-0.2, 0) is 25.5 Å². The van der Waals surface area contributed by atoms with Crippen LogP contribution in [0.15, 0.2) is 0 Å². The summed E-state index contributed by atoms with van der Waals surface area (Å²) in [6.07, 6.45) is 16.4. The second-order valence-corrected chi connectivity index (χ2v) is 10.3. The maximum Gasteiger partial charge on any atom is 0.305 e. The minimum atomic E-state index is -0.117. The molecule has 216 valence electrons. The largest absolute Gasteiger partial charge is 0.463 e. The molecule has 0 unspecified atom stereocenters. The molecule has 0 atom stereocenters. The standard InChI is InChI=1S/C28H46Cl2N4O4/c1-3-36-19-20-37-21-22-38-24(35)17-15-13-11-9-7-5-4-6-8-10-12-14-16-18-34-23(2)31-27-25(34)26(29)32-28(30)33-27/h3-22H2,1-2H3. The molecule has 0 aliphatic heterocycles. The summed E-state index contributed by atoms with van der Waals surface area (Å²) < 4.78 is 17.8. The Morgan fingerprint density at radius 1 is 0.737 bits per heavy atom. The molecule has 8 nitrogen and oxygen atoms in total. The Morgan fingerprint density at radius 3 is 1.92 bits per heavy atom. The zero-order valence-electron chi connectivity index (χ0n) is 23.3. The van der Waals surface area contributed by atoms with E-state index in [-0.39, 0.29) is 11.3 Å². The molecule has 2 rings (SSSR count). The third-order valence-corrected chi connectivity index (χ3v) is 6.99. The normalized spacial score (nSPS) is 11.5. The van der Waals surface area contributed by atoms with Gasteiger partial charge in [0.1, 0.15) is 17.9 Å². The lowest BCUT2D eigenvalue weighted by molar-refractivity contribution is -0.145. The van der Waals surface area contributed by atoms with Gasteiger partial charge in [0.15, 0.2) is 10.8 Å². The molecule has 0 spiro atoms. The molecule has 2 heterocycles. The van der Waals surface area contributed by atoms with Gasteiger partial charge in [-0.05, 0) is 38.3 Å². The van der Waals surface area contributed by atoms with Gasteiger partial charge >= 0.3 is 5.97 Å². The van der Waals surface area contributed by atoms with Crippen molar-refractivity contribution in [2.45, 2.75) is 110 Å². The lowest BCUT2D eigenvalue weighted by Gasteiger charge is -2.07. The molecule has 0 N–H and O–H groups in total. The molecular weight excluding hydrogens is 527 g/mol. The summed E-state index contributed by atoms with van der Waals surface area (Å²) in [6.45, 7) is 7.37.